The lowest BCUT2D eigenvalue weighted by Crippen LogP contribution is -2.08. The first-order valence-corrected chi connectivity index (χ1v) is 7.86. The van der Waals surface area contributed by atoms with Gasteiger partial charge in [-0.3, -0.25) is 0 Å². The summed E-state index contributed by atoms with van der Waals surface area (Å²) in [5.41, 5.74) is 2.24. The molecule has 2 aromatic rings. The third-order valence-corrected chi connectivity index (χ3v) is 3.19. The topological polar surface area (TPSA) is 30.5 Å². The van der Waals surface area contributed by atoms with Crippen LogP contribution >= 0.6 is 0 Å². The quantitative estimate of drug-likeness (QED) is 0.764. The van der Waals surface area contributed by atoms with Gasteiger partial charge in [0.25, 0.3) is 0 Å². The molecule has 0 aliphatic carbocycles. The van der Waals surface area contributed by atoms with Gasteiger partial charge in [-0.1, -0.05) is 32.0 Å². The molecule has 0 bridgehead atoms. The molecule has 3 nitrogen and oxygen atoms in total. The van der Waals surface area contributed by atoms with Crippen LogP contribution in [-0.2, 0) is 6.54 Å². The minimum absolute atomic E-state index is 0.520. The Morgan fingerprint density at radius 3 is 2.36 bits per heavy atom. The number of rotatable bonds is 8. The fraction of sp³-hybridized carbons (Fsp3) is 0.368. The Hall–Kier alpha value is -2.16. The Morgan fingerprint density at radius 2 is 1.68 bits per heavy atom. The van der Waals surface area contributed by atoms with Crippen LogP contribution < -0.4 is 14.8 Å². The van der Waals surface area contributed by atoms with Gasteiger partial charge in [-0.05, 0) is 43.2 Å². The average Bonchev–Trinajstić information content (AvgIpc) is 2.53. The van der Waals surface area contributed by atoms with Gasteiger partial charge in [0.2, 0.25) is 0 Å². The first-order chi connectivity index (χ1) is 10.7. The zero-order valence-electron chi connectivity index (χ0n) is 13.6. The standard InChI is InChI=1S/C19H25NO2/c1-4-21-18-11-9-17(10-12-18)20-13-16-7-5-6-8-19(16)22-14-15(2)3/h5-12,15,20H,4,13-14H2,1-3H3. The molecule has 0 radical (unpaired) electrons. The summed E-state index contributed by atoms with van der Waals surface area (Å²) in [6.45, 7) is 8.46. The molecule has 22 heavy (non-hydrogen) atoms. The molecule has 0 unspecified atom stereocenters. The molecule has 0 saturated heterocycles. The van der Waals surface area contributed by atoms with Crippen molar-refractivity contribution in [1.29, 1.82) is 0 Å². The van der Waals surface area contributed by atoms with Crippen LogP contribution in [0.1, 0.15) is 26.3 Å². The third kappa shape index (κ3) is 4.99. The van der Waals surface area contributed by atoms with E-state index in [0.717, 1.165) is 35.9 Å². The van der Waals surface area contributed by atoms with Gasteiger partial charge in [0.15, 0.2) is 0 Å². The van der Waals surface area contributed by atoms with Crippen molar-refractivity contribution in [2.75, 3.05) is 18.5 Å². The molecule has 0 amide bonds. The maximum absolute atomic E-state index is 5.88. The van der Waals surface area contributed by atoms with Crippen molar-refractivity contribution in [2.45, 2.75) is 27.3 Å². The molecule has 0 heterocycles. The molecule has 0 fully saturated rings. The lowest BCUT2D eigenvalue weighted by atomic mass is 10.2. The smallest absolute Gasteiger partial charge is 0.124 e. The normalized spacial score (nSPS) is 10.5. The lowest BCUT2D eigenvalue weighted by Gasteiger charge is -2.14. The Balaban J connectivity index is 1.95. The molecule has 0 saturated carbocycles. The zero-order chi connectivity index (χ0) is 15.8. The Morgan fingerprint density at radius 1 is 0.955 bits per heavy atom. The highest BCUT2D eigenvalue weighted by Gasteiger charge is 2.04. The van der Waals surface area contributed by atoms with Crippen molar-refractivity contribution in [3.8, 4) is 11.5 Å². The molecular formula is C19H25NO2. The van der Waals surface area contributed by atoms with E-state index >= 15 is 0 Å². The van der Waals surface area contributed by atoms with E-state index in [9.17, 15) is 0 Å². The van der Waals surface area contributed by atoms with Crippen molar-refractivity contribution in [3.63, 3.8) is 0 Å². The molecule has 3 heteroatoms. The van der Waals surface area contributed by atoms with E-state index in [-0.39, 0.29) is 0 Å². The predicted octanol–water partition coefficient (Wildman–Crippen LogP) is 4.73. The highest BCUT2D eigenvalue weighted by atomic mass is 16.5. The number of anilines is 1. The van der Waals surface area contributed by atoms with Crippen LogP contribution in [0.15, 0.2) is 48.5 Å². The summed E-state index contributed by atoms with van der Waals surface area (Å²) in [6.07, 6.45) is 0. The van der Waals surface area contributed by atoms with Gasteiger partial charge < -0.3 is 14.8 Å². The fourth-order valence-electron chi connectivity index (χ4n) is 2.08. The first kappa shape index (κ1) is 16.2. The van der Waals surface area contributed by atoms with Crippen molar-refractivity contribution in [3.05, 3.63) is 54.1 Å². The van der Waals surface area contributed by atoms with E-state index in [2.05, 4.69) is 25.2 Å². The van der Waals surface area contributed by atoms with Crippen LogP contribution in [0, 0.1) is 5.92 Å². The molecule has 0 atom stereocenters. The number of para-hydroxylation sites is 1. The van der Waals surface area contributed by atoms with Gasteiger partial charge in [0, 0.05) is 17.8 Å². The monoisotopic (exact) mass is 299 g/mol. The van der Waals surface area contributed by atoms with Crippen LogP contribution in [-0.4, -0.2) is 13.2 Å². The second kappa shape index (κ2) is 8.32. The van der Waals surface area contributed by atoms with Gasteiger partial charge in [0.05, 0.1) is 13.2 Å². The van der Waals surface area contributed by atoms with E-state index in [4.69, 9.17) is 9.47 Å². The predicted molar refractivity (Wildman–Crippen MR) is 91.7 cm³/mol. The van der Waals surface area contributed by atoms with Crippen molar-refractivity contribution in [2.24, 2.45) is 5.92 Å². The van der Waals surface area contributed by atoms with E-state index in [0.29, 0.717) is 12.5 Å². The van der Waals surface area contributed by atoms with Gasteiger partial charge in [0.1, 0.15) is 11.5 Å². The van der Waals surface area contributed by atoms with Crippen molar-refractivity contribution >= 4 is 5.69 Å². The fourth-order valence-corrected chi connectivity index (χ4v) is 2.08. The SMILES string of the molecule is CCOc1ccc(NCc2ccccc2OCC(C)C)cc1. The molecular weight excluding hydrogens is 274 g/mol. The summed E-state index contributed by atoms with van der Waals surface area (Å²) < 4.78 is 11.3. The van der Waals surface area contributed by atoms with Gasteiger partial charge in [-0.15, -0.1) is 0 Å². The minimum atomic E-state index is 0.520. The number of ether oxygens (including phenoxy) is 2. The Labute approximate surface area is 133 Å². The van der Waals surface area contributed by atoms with E-state index in [1.54, 1.807) is 0 Å². The van der Waals surface area contributed by atoms with Crippen LogP contribution in [0.3, 0.4) is 0 Å². The molecule has 1 N–H and O–H groups in total. The maximum atomic E-state index is 5.88. The average molecular weight is 299 g/mol. The summed E-state index contributed by atoms with van der Waals surface area (Å²) >= 11 is 0. The van der Waals surface area contributed by atoms with E-state index in [1.807, 2.05) is 49.4 Å². The number of benzene rings is 2. The van der Waals surface area contributed by atoms with Gasteiger partial charge >= 0.3 is 0 Å². The zero-order valence-corrected chi connectivity index (χ0v) is 13.6. The Bertz CT molecular complexity index is 564. The summed E-state index contributed by atoms with van der Waals surface area (Å²) in [5, 5.41) is 3.42. The second-order valence-electron chi connectivity index (χ2n) is 5.62. The van der Waals surface area contributed by atoms with E-state index in [1.165, 1.54) is 0 Å². The molecule has 2 aromatic carbocycles. The summed E-state index contributed by atoms with van der Waals surface area (Å²) in [5.74, 6) is 2.37. The molecule has 0 spiro atoms. The summed E-state index contributed by atoms with van der Waals surface area (Å²) in [7, 11) is 0. The Kier molecular flexibility index (Phi) is 6.13. The minimum Gasteiger partial charge on any atom is -0.494 e. The lowest BCUT2D eigenvalue weighted by molar-refractivity contribution is 0.269. The molecule has 0 aliphatic rings. The number of nitrogens with one attached hydrogen (secondary N) is 1. The third-order valence-electron chi connectivity index (χ3n) is 3.19. The summed E-state index contributed by atoms with van der Waals surface area (Å²) in [4.78, 5) is 0. The number of hydrogen-bond acceptors (Lipinski definition) is 3. The summed E-state index contributed by atoms with van der Waals surface area (Å²) in [6, 6.07) is 16.2. The van der Waals surface area contributed by atoms with E-state index < -0.39 is 0 Å². The van der Waals surface area contributed by atoms with Crippen LogP contribution in [0.4, 0.5) is 5.69 Å². The molecule has 0 aliphatic heterocycles. The van der Waals surface area contributed by atoms with Crippen molar-refractivity contribution < 1.29 is 9.47 Å². The molecule has 0 aromatic heterocycles. The highest BCUT2D eigenvalue weighted by molar-refractivity contribution is 5.47. The maximum Gasteiger partial charge on any atom is 0.124 e. The van der Waals surface area contributed by atoms with Gasteiger partial charge in [-0.25, -0.2) is 0 Å². The van der Waals surface area contributed by atoms with Crippen LogP contribution in [0.25, 0.3) is 0 Å². The van der Waals surface area contributed by atoms with Crippen LogP contribution in [0.5, 0.6) is 11.5 Å². The second-order valence-corrected chi connectivity index (χ2v) is 5.62. The van der Waals surface area contributed by atoms with Gasteiger partial charge in [-0.2, -0.15) is 0 Å². The molecule has 2 rings (SSSR count). The highest BCUT2D eigenvalue weighted by Crippen LogP contribution is 2.21. The van der Waals surface area contributed by atoms with Crippen molar-refractivity contribution in [1.82, 2.24) is 0 Å². The van der Waals surface area contributed by atoms with Crippen LogP contribution in [0.2, 0.25) is 0 Å². The number of hydrogen-bond donors (Lipinski definition) is 1. The first-order valence-electron chi connectivity index (χ1n) is 7.86. The largest absolute Gasteiger partial charge is 0.494 e. The molecule has 118 valence electrons.